The van der Waals surface area contributed by atoms with Gasteiger partial charge in [0, 0.05) is 50.9 Å². The quantitative estimate of drug-likeness (QED) is 0.801. The number of carbonyl (C=O) groups is 1. The van der Waals surface area contributed by atoms with Crippen LogP contribution in [0.2, 0.25) is 0 Å². The second kappa shape index (κ2) is 7.51. The van der Waals surface area contributed by atoms with Crippen molar-refractivity contribution in [1.82, 2.24) is 9.80 Å². The minimum Gasteiger partial charge on any atom is -0.368 e. The van der Waals surface area contributed by atoms with E-state index in [9.17, 15) is 9.18 Å². The Morgan fingerprint density at radius 3 is 2.42 bits per heavy atom. The predicted octanol–water partition coefficient (Wildman–Crippen LogP) is 2.59. The highest BCUT2D eigenvalue weighted by Gasteiger charge is 2.30. The molecule has 1 aliphatic heterocycles. The Kier molecular flexibility index (Phi) is 5.39. The molecule has 132 valence electrons. The van der Waals surface area contributed by atoms with Gasteiger partial charge in [0.2, 0.25) is 5.91 Å². The fourth-order valence-electron chi connectivity index (χ4n) is 3.44. The van der Waals surface area contributed by atoms with Crippen LogP contribution in [-0.4, -0.2) is 61.5 Å². The number of amides is 1. The maximum absolute atomic E-state index is 13.0. The number of benzene rings is 1. The van der Waals surface area contributed by atoms with Crippen molar-refractivity contribution >= 4 is 11.6 Å². The van der Waals surface area contributed by atoms with E-state index in [-0.39, 0.29) is 11.7 Å². The maximum atomic E-state index is 13.0. The van der Waals surface area contributed by atoms with E-state index in [0.29, 0.717) is 12.5 Å². The molecule has 1 aliphatic carbocycles. The SMILES string of the molecule is CC(C1CC1)N(C)CCC(=O)N1CCN(c2ccc(F)cc2)CC1. The van der Waals surface area contributed by atoms with E-state index in [1.807, 2.05) is 4.90 Å². The van der Waals surface area contributed by atoms with Crippen molar-refractivity contribution in [3.05, 3.63) is 30.1 Å². The Labute approximate surface area is 144 Å². The molecule has 4 nitrogen and oxygen atoms in total. The second-order valence-corrected chi connectivity index (χ2v) is 7.15. The Balaban J connectivity index is 1.42. The molecular weight excluding hydrogens is 305 g/mol. The molecule has 2 fully saturated rings. The van der Waals surface area contributed by atoms with Crippen LogP contribution in [0.4, 0.5) is 10.1 Å². The van der Waals surface area contributed by atoms with Crippen LogP contribution >= 0.6 is 0 Å². The molecular formula is C19H28FN3O. The molecule has 1 unspecified atom stereocenters. The zero-order valence-corrected chi connectivity index (χ0v) is 14.7. The molecule has 1 atom stereocenters. The highest BCUT2D eigenvalue weighted by molar-refractivity contribution is 5.76. The van der Waals surface area contributed by atoms with Gasteiger partial charge in [-0.05, 0) is 57.0 Å². The molecule has 2 aliphatic rings. The number of piperazine rings is 1. The van der Waals surface area contributed by atoms with E-state index in [1.54, 1.807) is 12.1 Å². The third-order valence-electron chi connectivity index (χ3n) is 5.50. The van der Waals surface area contributed by atoms with E-state index in [1.165, 1.54) is 25.0 Å². The molecule has 1 heterocycles. The largest absolute Gasteiger partial charge is 0.368 e. The van der Waals surface area contributed by atoms with Gasteiger partial charge in [-0.15, -0.1) is 0 Å². The fourth-order valence-corrected chi connectivity index (χ4v) is 3.44. The predicted molar refractivity (Wildman–Crippen MR) is 94.6 cm³/mol. The normalized spacial score (nSPS) is 19.7. The van der Waals surface area contributed by atoms with Gasteiger partial charge >= 0.3 is 0 Å². The van der Waals surface area contributed by atoms with Crippen LogP contribution in [0.3, 0.4) is 0 Å². The molecule has 3 rings (SSSR count). The van der Waals surface area contributed by atoms with E-state index in [2.05, 4.69) is 23.8 Å². The molecule has 1 aromatic rings. The molecule has 1 aromatic carbocycles. The molecule has 0 aromatic heterocycles. The monoisotopic (exact) mass is 333 g/mol. The summed E-state index contributed by atoms with van der Waals surface area (Å²) < 4.78 is 13.0. The van der Waals surface area contributed by atoms with Gasteiger partial charge < -0.3 is 14.7 Å². The van der Waals surface area contributed by atoms with E-state index in [0.717, 1.165) is 44.3 Å². The van der Waals surface area contributed by atoms with Crippen LogP contribution < -0.4 is 4.90 Å². The summed E-state index contributed by atoms with van der Waals surface area (Å²) in [6, 6.07) is 7.18. The van der Waals surface area contributed by atoms with Crippen molar-refractivity contribution in [2.24, 2.45) is 5.92 Å². The highest BCUT2D eigenvalue weighted by atomic mass is 19.1. The van der Waals surface area contributed by atoms with E-state index in [4.69, 9.17) is 0 Å². The lowest BCUT2D eigenvalue weighted by molar-refractivity contribution is -0.131. The van der Waals surface area contributed by atoms with Gasteiger partial charge in [-0.1, -0.05) is 0 Å². The average Bonchev–Trinajstić information content (AvgIpc) is 3.44. The lowest BCUT2D eigenvalue weighted by Crippen LogP contribution is -2.49. The smallest absolute Gasteiger partial charge is 0.223 e. The summed E-state index contributed by atoms with van der Waals surface area (Å²) in [5, 5.41) is 0. The van der Waals surface area contributed by atoms with Gasteiger partial charge in [-0.3, -0.25) is 4.79 Å². The number of nitrogens with zero attached hydrogens (tertiary/aromatic N) is 3. The van der Waals surface area contributed by atoms with Gasteiger partial charge in [0.05, 0.1) is 0 Å². The van der Waals surface area contributed by atoms with Crippen molar-refractivity contribution < 1.29 is 9.18 Å². The van der Waals surface area contributed by atoms with Gasteiger partial charge in [0.15, 0.2) is 0 Å². The van der Waals surface area contributed by atoms with Crippen molar-refractivity contribution in [2.75, 3.05) is 44.7 Å². The summed E-state index contributed by atoms with van der Waals surface area (Å²) in [6.45, 7) is 6.23. The zero-order chi connectivity index (χ0) is 17.1. The Bertz CT molecular complexity index is 550. The van der Waals surface area contributed by atoms with Gasteiger partial charge in [0.25, 0.3) is 0 Å². The summed E-state index contributed by atoms with van der Waals surface area (Å²) in [5.41, 5.74) is 1.03. The van der Waals surface area contributed by atoms with Crippen molar-refractivity contribution in [2.45, 2.75) is 32.2 Å². The number of halogens is 1. The summed E-state index contributed by atoms with van der Waals surface area (Å²) in [6.07, 6.45) is 3.28. The van der Waals surface area contributed by atoms with Crippen molar-refractivity contribution in [3.8, 4) is 0 Å². The molecule has 0 N–H and O–H groups in total. The lowest BCUT2D eigenvalue weighted by Gasteiger charge is -2.36. The van der Waals surface area contributed by atoms with Crippen LogP contribution in [0.5, 0.6) is 0 Å². The van der Waals surface area contributed by atoms with Gasteiger partial charge in [0.1, 0.15) is 5.82 Å². The van der Waals surface area contributed by atoms with Gasteiger partial charge in [-0.25, -0.2) is 4.39 Å². The van der Waals surface area contributed by atoms with Crippen LogP contribution in [0.25, 0.3) is 0 Å². The minimum atomic E-state index is -0.211. The number of anilines is 1. The number of hydrogen-bond donors (Lipinski definition) is 0. The fraction of sp³-hybridized carbons (Fsp3) is 0.632. The molecule has 1 amide bonds. The molecule has 1 saturated carbocycles. The lowest BCUT2D eigenvalue weighted by atomic mass is 10.2. The third kappa shape index (κ3) is 4.26. The number of carbonyl (C=O) groups excluding carboxylic acids is 1. The van der Waals surface area contributed by atoms with Crippen LogP contribution in [0, 0.1) is 11.7 Å². The van der Waals surface area contributed by atoms with E-state index >= 15 is 0 Å². The summed E-state index contributed by atoms with van der Waals surface area (Å²) >= 11 is 0. The molecule has 5 heteroatoms. The molecule has 1 saturated heterocycles. The third-order valence-corrected chi connectivity index (χ3v) is 5.50. The summed E-state index contributed by atoms with van der Waals surface area (Å²) in [5.74, 6) is 0.880. The first kappa shape index (κ1) is 17.2. The van der Waals surface area contributed by atoms with Crippen molar-refractivity contribution in [1.29, 1.82) is 0 Å². The molecule has 0 spiro atoms. The first-order valence-electron chi connectivity index (χ1n) is 9.03. The highest BCUT2D eigenvalue weighted by Crippen LogP contribution is 2.34. The maximum Gasteiger partial charge on any atom is 0.223 e. The van der Waals surface area contributed by atoms with Crippen LogP contribution in [-0.2, 0) is 4.79 Å². The first-order chi connectivity index (χ1) is 11.5. The standard InChI is InChI=1S/C19H28FN3O/c1-15(16-3-4-16)21(2)10-9-19(24)23-13-11-22(12-14-23)18-7-5-17(20)6-8-18/h5-8,15-16H,3-4,9-14H2,1-2H3. The average molecular weight is 333 g/mol. The first-order valence-corrected chi connectivity index (χ1v) is 9.03. The summed E-state index contributed by atoms with van der Waals surface area (Å²) in [7, 11) is 2.13. The van der Waals surface area contributed by atoms with Gasteiger partial charge in [-0.2, -0.15) is 0 Å². The molecule has 0 radical (unpaired) electrons. The summed E-state index contributed by atoms with van der Waals surface area (Å²) in [4.78, 5) is 18.9. The van der Waals surface area contributed by atoms with Crippen LogP contribution in [0.1, 0.15) is 26.2 Å². The minimum absolute atomic E-state index is 0.211. The Hall–Kier alpha value is -1.62. The van der Waals surface area contributed by atoms with E-state index < -0.39 is 0 Å². The molecule has 24 heavy (non-hydrogen) atoms. The topological polar surface area (TPSA) is 26.8 Å². The number of rotatable bonds is 6. The number of hydrogen-bond acceptors (Lipinski definition) is 3. The zero-order valence-electron chi connectivity index (χ0n) is 14.7. The Morgan fingerprint density at radius 1 is 1.21 bits per heavy atom. The molecule has 0 bridgehead atoms. The Morgan fingerprint density at radius 2 is 1.83 bits per heavy atom. The van der Waals surface area contributed by atoms with Crippen LogP contribution in [0.15, 0.2) is 24.3 Å². The van der Waals surface area contributed by atoms with Crippen molar-refractivity contribution in [3.63, 3.8) is 0 Å². The second-order valence-electron chi connectivity index (χ2n) is 7.15.